The number of nitrogens with zero attached hydrogens (tertiary/aromatic N) is 3. The molecule has 0 aliphatic heterocycles. The first-order valence-corrected chi connectivity index (χ1v) is 10.5. The van der Waals surface area contributed by atoms with Gasteiger partial charge in [0.25, 0.3) is 0 Å². The van der Waals surface area contributed by atoms with E-state index in [0.717, 1.165) is 36.9 Å². The fourth-order valence-corrected chi connectivity index (χ4v) is 3.92. The number of thioether (sulfide) groups is 1. The minimum Gasteiger partial charge on any atom is -0.353 e. The van der Waals surface area contributed by atoms with Crippen molar-refractivity contribution in [2.75, 3.05) is 0 Å². The summed E-state index contributed by atoms with van der Waals surface area (Å²) >= 11 is 6.95. The molecule has 0 saturated heterocycles. The van der Waals surface area contributed by atoms with Gasteiger partial charge in [-0.25, -0.2) is 0 Å². The Balaban J connectivity index is 1.64. The molecule has 10 heteroatoms. The van der Waals surface area contributed by atoms with Crippen LogP contribution < -0.4 is 5.32 Å². The van der Waals surface area contributed by atoms with Gasteiger partial charge in [0.1, 0.15) is 0 Å². The number of hydrogen-bond acceptors (Lipinski definition) is 4. The van der Waals surface area contributed by atoms with E-state index in [1.807, 2.05) is 37.3 Å². The Kier molecular flexibility index (Phi) is 6.92. The van der Waals surface area contributed by atoms with Crippen molar-refractivity contribution in [3.05, 3.63) is 58.7 Å². The largest absolute Gasteiger partial charge is 0.417 e. The molecule has 2 aromatic heterocycles. The van der Waals surface area contributed by atoms with Gasteiger partial charge in [0, 0.05) is 12.2 Å². The van der Waals surface area contributed by atoms with Crippen LogP contribution in [0.3, 0.4) is 0 Å². The summed E-state index contributed by atoms with van der Waals surface area (Å²) in [6, 6.07) is 10.7. The van der Waals surface area contributed by atoms with Gasteiger partial charge in [-0.15, -0.1) is 10.2 Å². The fraction of sp³-hybridized carbons (Fsp3) is 0.350. The van der Waals surface area contributed by atoms with E-state index in [1.54, 1.807) is 6.92 Å². The first-order valence-electron chi connectivity index (χ1n) is 9.27. The van der Waals surface area contributed by atoms with Crippen LogP contribution in [0.15, 0.2) is 47.8 Å². The second-order valence-corrected chi connectivity index (χ2v) is 8.66. The molecule has 0 bridgehead atoms. The summed E-state index contributed by atoms with van der Waals surface area (Å²) in [6.07, 6.45) is -2.07. The molecular weight excluding hydrogens is 437 g/mol. The second-order valence-electron chi connectivity index (χ2n) is 6.94. The Morgan fingerprint density at radius 3 is 2.60 bits per heavy atom. The average Bonchev–Trinajstić information content (AvgIpc) is 3.10. The van der Waals surface area contributed by atoms with E-state index in [1.165, 1.54) is 9.96 Å². The molecule has 0 spiro atoms. The number of pyridine rings is 1. The molecular formula is C20H20ClF3N4OS. The quantitative estimate of drug-likeness (QED) is 0.507. The lowest BCUT2D eigenvalue weighted by Crippen LogP contribution is -2.37. The van der Waals surface area contributed by atoms with Gasteiger partial charge in [-0.3, -0.25) is 9.20 Å². The highest BCUT2D eigenvalue weighted by Crippen LogP contribution is 2.33. The number of benzene rings is 1. The van der Waals surface area contributed by atoms with Crippen LogP contribution in [0.4, 0.5) is 13.2 Å². The third-order valence-electron chi connectivity index (χ3n) is 4.50. The summed E-state index contributed by atoms with van der Waals surface area (Å²) in [7, 11) is 0. The topological polar surface area (TPSA) is 59.3 Å². The Labute approximate surface area is 181 Å². The summed E-state index contributed by atoms with van der Waals surface area (Å²) in [5.41, 5.74) is 0.387. The first kappa shape index (κ1) is 22.4. The van der Waals surface area contributed by atoms with Crippen LogP contribution >= 0.6 is 23.4 Å². The summed E-state index contributed by atoms with van der Waals surface area (Å²) in [5, 5.41) is 10.1. The zero-order valence-corrected chi connectivity index (χ0v) is 17.9. The van der Waals surface area contributed by atoms with E-state index in [9.17, 15) is 18.0 Å². The zero-order valence-electron chi connectivity index (χ0n) is 16.3. The molecule has 2 heterocycles. The second kappa shape index (κ2) is 9.26. The van der Waals surface area contributed by atoms with Crippen molar-refractivity contribution in [1.82, 2.24) is 19.9 Å². The highest BCUT2D eigenvalue weighted by molar-refractivity contribution is 8.00. The molecule has 0 saturated carbocycles. The SMILES string of the molecule is C[C@H](CCc1ccccc1)NC(=O)[C@@H](C)Sc1nnc2c(Cl)cc(C(F)(F)F)cn12. The molecule has 3 rings (SSSR count). The van der Waals surface area contributed by atoms with E-state index in [2.05, 4.69) is 15.5 Å². The molecule has 160 valence electrons. The predicted molar refractivity (Wildman–Crippen MR) is 111 cm³/mol. The van der Waals surface area contributed by atoms with E-state index in [4.69, 9.17) is 11.6 Å². The normalized spacial score (nSPS) is 13.9. The number of halogens is 4. The van der Waals surface area contributed by atoms with Crippen LogP contribution in [0.2, 0.25) is 5.02 Å². The number of aromatic nitrogens is 3. The van der Waals surface area contributed by atoms with Crippen molar-refractivity contribution in [3.63, 3.8) is 0 Å². The van der Waals surface area contributed by atoms with Crippen molar-refractivity contribution in [2.45, 2.75) is 49.3 Å². The third-order valence-corrected chi connectivity index (χ3v) is 5.84. The maximum atomic E-state index is 13.1. The lowest BCUT2D eigenvalue weighted by atomic mass is 10.1. The molecule has 0 radical (unpaired) electrons. The molecule has 1 amide bonds. The van der Waals surface area contributed by atoms with E-state index < -0.39 is 17.0 Å². The number of aryl methyl sites for hydroxylation is 1. The van der Waals surface area contributed by atoms with Gasteiger partial charge in [0.05, 0.1) is 15.8 Å². The van der Waals surface area contributed by atoms with Crippen molar-refractivity contribution in [1.29, 1.82) is 0 Å². The maximum absolute atomic E-state index is 13.1. The highest BCUT2D eigenvalue weighted by atomic mass is 35.5. The molecule has 30 heavy (non-hydrogen) atoms. The molecule has 0 aliphatic rings. The monoisotopic (exact) mass is 456 g/mol. The van der Waals surface area contributed by atoms with Crippen LogP contribution in [0.5, 0.6) is 0 Å². The number of rotatable bonds is 7. The van der Waals surface area contributed by atoms with Gasteiger partial charge in [-0.2, -0.15) is 13.2 Å². The highest BCUT2D eigenvalue weighted by Gasteiger charge is 2.32. The summed E-state index contributed by atoms with van der Waals surface area (Å²) in [4.78, 5) is 12.5. The van der Waals surface area contributed by atoms with Crippen LogP contribution in [0, 0.1) is 0 Å². The van der Waals surface area contributed by atoms with Crippen LogP contribution in [-0.4, -0.2) is 31.8 Å². The molecule has 2 atom stereocenters. The van der Waals surface area contributed by atoms with Crippen LogP contribution in [0.1, 0.15) is 31.4 Å². The first-order chi connectivity index (χ1) is 14.1. The molecule has 3 aromatic rings. The molecule has 1 N–H and O–H groups in total. The minimum atomic E-state index is -4.55. The van der Waals surface area contributed by atoms with Crippen LogP contribution in [-0.2, 0) is 17.4 Å². The number of hydrogen-bond donors (Lipinski definition) is 1. The number of fused-ring (bicyclic) bond motifs is 1. The standard InChI is InChI=1S/C20H20ClF3N4OS/c1-12(8-9-14-6-4-3-5-7-14)25-18(29)13(2)30-19-27-26-17-16(21)10-15(11-28(17)19)20(22,23)24/h3-7,10-13H,8-9H2,1-2H3,(H,25,29)/t12-,13-/m1/s1. The van der Waals surface area contributed by atoms with Gasteiger partial charge in [-0.1, -0.05) is 53.7 Å². The molecule has 5 nitrogen and oxygen atoms in total. The zero-order chi connectivity index (χ0) is 21.9. The Bertz CT molecular complexity index is 1030. The number of alkyl halides is 3. The van der Waals surface area contributed by atoms with Crippen molar-refractivity contribution >= 4 is 34.9 Å². The Morgan fingerprint density at radius 1 is 1.23 bits per heavy atom. The molecule has 0 fully saturated rings. The van der Waals surface area contributed by atoms with Gasteiger partial charge in [0.15, 0.2) is 10.8 Å². The number of nitrogens with one attached hydrogen (secondary N) is 1. The van der Waals surface area contributed by atoms with Crippen molar-refractivity contribution in [3.8, 4) is 0 Å². The van der Waals surface area contributed by atoms with Crippen molar-refractivity contribution in [2.24, 2.45) is 0 Å². The smallest absolute Gasteiger partial charge is 0.353 e. The predicted octanol–water partition coefficient (Wildman–Crippen LogP) is 5.02. The third kappa shape index (κ3) is 5.46. The number of carbonyl (C=O) groups excluding carboxylic acids is 1. The van der Waals surface area contributed by atoms with Gasteiger partial charge >= 0.3 is 6.18 Å². The summed E-state index contributed by atoms with van der Waals surface area (Å²) < 4.78 is 40.4. The lowest BCUT2D eigenvalue weighted by molar-refractivity contribution is -0.137. The number of carbonyl (C=O) groups is 1. The fourth-order valence-electron chi connectivity index (χ4n) is 2.84. The number of amides is 1. The van der Waals surface area contributed by atoms with Gasteiger partial charge in [-0.05, 0) is 38.3 Å². The van der Waals surface area contributed by atoms with Crippen LogP contribution in [0.25, 0.3) is 5.65 Å². The summed E-state index contributed by atoms with van der Waals surface area (Å²) in [6.45, 7) is 3.58. The Morgan fingerprint density at radius 2 is 1.93 bits per heavy atom. The maximum Gasteiger partial charge on any atom is 0.417 e. The van der Waals surface area contributed by atoms with E-state index >= 15 is 0 Å². The Hall–Kier alpha value is -2.26. The molecule has 0 aliphatic carbocycles. The van der Waals surface area contributed by atoms with Gasteiger partial charge < -0.3 is 5.32 Å². The lowest BCUT2D eigenvalue weighted by Gasteiger charge is -2.17. The van der Waals surface area contributed by atoms with Crippen molar-refractivity contribution < 1.29 is 18.0 Å². The molecule has 1 aromatic carbocycles. The minimum absolute atomic E-state index is 0.0535. The summed E-state index contributed by atoms with van der Waals surface area (Å²) in [5.74, 6) is -0.226. The van der Waals surface area contributed by atoms with E-state index in [0.29, 0.717) is 0 Å². The molecule has 0 unspecified atom stereocenters. The van der Waals surface area contributed by atoms with Gasteiger partial charge in [0.2, 0.25) is 5.91 Å². The average molecular weight is 457 g/mol. The van der Waals surface area contributed by atoms with E-state index in [-0.39, 0.29) is 27.8 Å².